The number of hydrogen-bond acceptors (Lipinski definition) is 7. The lowest BCUT2D eigenvalue weighted by Crippen LogP contribution is -1.98. The van der Waals surface area contributed by atoms with Gasteiger partial charge in [0, 0.05) is 12.3 Å². The fraction of sp³-hybridized carbons (Fsp3) is 0.167. The van der Waals surface area contributed by atoms with Crippen molar-refractivity contribution in [2.75, 3.05) is 12.4 Å². The zero-order chi connectivity index (χ0) is 17.5. The summed E-state index contributed by atoms with van der Waals surface area (Å²) in [5.74, 6) is 1.55. The second kappa shape index (κ2) is 8.51. The molecule has 0 fully saturated rings. The van der Waals surface area contributed by atoms with Crippen LogP contribution in [0.5, 0.6) is 5.75 Å². The fourth-order valence-corrected chi connectivity index (χ4v) is 3.91. The van der Waals surface area contributed by atoms with Crippen LogP contribution in [0.1, 0.15) is 16.7 Å². The summed E-state index contributed by atoms with van der Waals surface area (Å²) >= 11 is 3.10. The van der Waals surface area contributed by atoms with Crippen molar-refractivity contribution in [3.05, 3.63) is 65.2 Å². The predicted octanol–water partition coefficient (Wildman–Crippen LogP) is 4.32. The molecule has 2 aromatic carbocycles. The van der Waals surface area contributed by atoms with E-state index < -0.39 is 0 Å². The number of nitrogens with zero attached hydrogens (tertiary/aromatic N) is 3. The summed E-state index contributed by atoms with van der Waals surface area (Å²) in [6.07, 6.45) is 0. The Kier molecular flexibility index (Phi) is 5.88. The van der Waals surface area contributed by atoms with Crippen LogP contribution in [0.15, 0.2) is 52.9 Å². The van der Waals surface area contributed by atoms with Gasteiger partial charge in [0.1, 0.15) is 5.75 Å². The van der Waals surface area contributed by atoms with Gasteiger partial charge < -0.3 is 10.1 Å². The molecular weight excluding hydrogens is 352 g/mol. The second-order valence-corrected chi connectivity index (χ2v) is 7.33. The maximum Gasteiger partial charge on any atom is 0.206 e. The molecular formula is C18H16N4OS2. The SMILES string of the molecule is COc1ccc(CNc2nnc(SCc3ccccc3C#N)s2)cc1. The Hall–Kier alpha value is -2.56. The first kappa shape index (κ1) is 17.3. The molecule has 1 N–H and O–H groups in total. The Labute approximate surface area is 154 Å². The van der Waals surface area contributed by atoms with E-state index in [-0.39, 0.29) is 0 Å². The minimum absolute atomic E-state index is 0.681. The summed E-state index contributed by atoms with van der Waals surface area (Å²) in [6.45, 7) is 0.681. The molecule has 0 spiro atoms. The van der Waals surface area contributed by atoms with Crippen LogP contribution in [0.4, 0.5) is 5.13 Å². The third-order valence-electron chi connectivity index (χ3n) is 3.50. The average Bonchev–Trinajstić information content (AvgIpc) is 3.13. The van der Waals surface area contributed by atoms with Crippen molar-refractivity contribution in [3.63, 3.8) is 0 Å². The van der Waals surface area contributed by atoms with Gasteiger partial charge in [0.25, 0.3) is 0 Å². The molecule has 3 rings (SSSR count). The Bertz CT molecular complexity index is 871. The van der Waals surface area contributed by atoms with Gasteiger partial charge in [0.15, 0.2) is 4.34 Å². The summed E-state index contributed by atoms with van der Waals surface area (Å²) < 4.78 is 6.03. The number of ether oxygens (including phenoxy) is 1. The molecule has 0 amide bonds. The second-order valence-electron chi connectivity index (χ2n) is 5.13. The van der Waals surface area contributed by atoms with Crippen LogP contribution in [0, 0.1) is 11.3 Å². The molecule has 3 aromatic rings. The van der Waals surface area contributed by atoms with Crippen molar-refractivity contribution in [3.8, 4) is 11.8 Å². The highest BCUT2D eigenvalue weighted by Gasteiger charge is 2.07. The quantitative estimate of drug-likeness (QED) is 0.626. The number of methoxy groups -OCH3 is 1. The lowest BCUT2D eigenvalue weighted by Gasteiger charge is -2.04. The Balaban J connectivity index is 1.54. The van der Waals surface area contributed by atoms with E-state index in [9.17, 15) is 0 Å². The molecule has 1 heterocycles. The van der Waals surface area contributed by atoms with Crippen molar-refractivity contribution in [1.29, 1.82) is 5.26 Å². The summed E-state index contributed by atoms with van der Waals surface area (Å²) in [5, 5.41) is 21.5. The molecule has 0 aliphatic rings. The van der Waals surface area contributed by atoms with Gasteiger partial charge >= 0.3 is 0 Å². The molecule has 7 heteroatoms. The number of hydrogen-bond donors (Lipinski definition) is 1. The average molecular weight is 368 g/mol. The van der Waals surface area contributed by atoms with Gasteiger partial charge in [-0.15, -0.1) is 10.2 Å². The van der Waals surface area contributed by atoms with Gasteiger partial charge in [0.05, 0.1) is 18.7 Å². The zero-order valence-electron chi connectivity index (χ0n) is 13.6. The highest BCUT2D eigenvalue weighted by molar-refractivity contribution is 8.00. The van der Waals surface area contributed by atoms with Crippen molar-refractivity contribution in [2.24, 2.45) is 0 Å². The minimum atomic E-state index is 0.681. The van der Waals surface area contributed by atoms with Crippen molar-refractivity contribution in [1.82, 2.24) is 10.2 Å². The van der Waals surface area contributed by atoms with Crippen LogP contribution in [-0.2, 0) is 12.3 Å². The van der Waals surface area contributed by atoms with Gasteiger partial charge in [-0.05, 0) is 29.3 Å². The van der Waals surface area contributed by atoms with Crippen LogP contribution >= 0.6 is 23.1 Å². The Morgan fingerprint density at radius 1 is 1.16 bits per heavy atom. The molecule has 25 heavy (non-hydrogen) atoms. The third kappa shape index (κ3) is 4.72. The van der Waals surface area contributed by atoms with Gasteiger partial charge in [-0.2, -0.15) is 5.26 Å². The number of thioether (sulfide) groups is 1. The number of rotatable bonds is 7. The summed E-state index contributed by atoms with van der Waals surface area (Å²) in [6, 6.07) is 17.7. The van der Waals surface area contributed by atoms with Crippen LogP contribution in [0.2, 0.25) is 0 Å². The number of benzene rings is 2. The Morgan fingerprint density at radius 3 is 2.72 bits per heavy atom. The van der Waals surface area contributed by atoms with Gasteiger partial charge in [-0.3, -0.25) is 0 Å². The maximum atomic E-state index is 9.13. The van der Waals surface area contributed by atoms with Gasteiger partial charge in [-0.25, -0.2) is 0 Å². The third-order valence-corrected chi connectivity index (χ3v) is 5.56. The molecule has 0 atom stereocenters. The van der Waals surface area contributed by atoms with Crippen molar-refractivity contribution >= 4 is 28.2 Å². The number of anilines is 1. The first-order chi connectivity index (χ1) is 12.3. The lowest BCUT2D eigenvalue weighted by atomic mass is 10.1. The molecule has 0 unspecified atom stereocenters. The summed E-state index contributed by atoms with van der Waals surface area (Å²) in [4.78, 5) is 0. The molecule has 0 saturated carbocycles. The van der Waals surface area contributed by atoms with E-state index in [1.54, 1.807) is 18.9 Å². The van der Waals surface area contributed by atoms with Crippen LogP contribution < -0.4 is 10.1 Å². The minimum Gasteiger partial charge on any atom is -0.497 e. The smallest absolute Gasteiger partial charge is 0.206 e. The molecule has 5 nitrogen and oxygen atoms in total. The molecule has 0 aliphatic heterocycles. The molecule has 0 saturated heterocycles. The van der Waals surface area contributed by atoms with Crippen LogP contribution in [0.3, 0.4) is 0 Å². The van der Waals surface area contributed by atoms with E-state index in [1.807, 2.05) is 48.5 Å². The number of nitrogens with one attached hydrogen (secondary N) is 1. The molecule has 1 aromatic heterocycles. The van der Waals surface area contributed by atoms with Gasteiger partial charge in [-0.1, -0.05) is 53.4 Å². The predicted molar refractivity (Wildman–Crippen MR) is 101 cm³/mol. The van der Waals surface area contributed by atoms with Crippen LogP contribution in [-0.4, -0.2) is 17.3 Å². The number of nitriles is 1. The van der Waals surface area contributed by atoms with Gasteiger partial charge in [0.2, 0.25) is 5.13 Å². The zero-order valence-corrected chi connectivity index (χ0v) is 15.2. The standard InChI is InChI=1S/C18H16N4OS2/c1-23-16-8-6-13(7-9-16)11-20-17-21-22-18(25-17)24-12-15-5-3-2-4-14(15)10-19/h2-9H,11-12H2,1H3,(H,20,21). The van der Waals surface area contributed by atoms with Crippen molar-refractivity contribution in [2.45, 2.75) is 16.6 Å². The first-order valence-electron chi connectivity index (χ1n) is 7.59. The van der Waals surface area contributed by atoms with E-state index in [2.05, 4.69) is 21.6 Å². The topological polar surface area (TPSA) is 70.8 Å². The van der Waals surface area contributed by atoms with E-state index in [0.29, 0.717) is 17.9 Å². The van der Waals surface area contributed by atoms with E-state index in [0.717, 1.165) is 26.3 Å². The number of aromatic nitrogens is 2. The van der Waals surface area contributed by atoms with Crippen LogP contribution in [0.25, 0.3) is 0 Å². The monoisotopic (exact) mass is 368 g/mol. The molecule has 0 aliphatic carbocycles. The highest BCUT2D eigenvalue weighted by Crippen LogP contribution is 2.29. The van der Waals surface area contributed by atoms with E-state index >= 15 is 0 Å². The lowest BCUT2D eigenvalue weighted by molar-refractivity contribution is 0.414. The molecule has 0 bridgehead atoms. The molecule has 126 valence electrons. The first-order valence-corrected chi connectivity index (χ1v) is 9.40. The van der Waals surface area contributed by atoms with Crippen molar-refractivity contribution < 1.29 is 4.74 Å². The molecule has 0 radical (unpaired) electrons. The summed E-state index contributed by atoms with van der Waals surface area (Å²) in [7, 11) is 1.66. The normalized spacial score (nSPS) is 10.2. The fourth-order valence-electron chi connectivity index (χ4n) is 2.16. The van der Waals surface area contributed by atoms with E-state index in [1.165, 1.54) is 11.3 Å². The maximum absolute atomic E-state index is 9.13. The highest BCUT2D eigenvalue weighted by atomic mass is 32.2. The Morgan fingerprint density at radius 2 is 1.96 bits per heavy atom. The van der Waals surface area contributed by atoms with E-state index in [4.69, 9.17) is 10.00 Å². The summed E-state index contributed by atoms with van der Waals surface area (Å²) in [5.41, 5.74) is 2.86. The largest absolute Gasteiger partial charge is 0.497 e.